The van der Waals surface area contributed by atoms with Crippen molar-refractivity contribution in [2.45, 2.75) is 127 Å². The van der Waals surface area contributed by atoms with Gasteiger partial charge < -0.3 is 14.2 Å². The maximum Gasteiger partial charge on any atom is 0.394 e. The summed E-state index contributed by atoms with van der Waals surface area (Å²) in [5.74, 6) is 5.06. The van der Waals surface area contributed by atoms with Crippen molar-refractivity contribution in [3.63, 3.8) is 0 Å². The predicted molar refractivity (Wildman–Crippen MR) is 255 cm³/mol. The zero-order chi connectivity index (χ0) is 44.6. The summed E-state index contributed by atoms with van der Waals surface area (Å²) in [6.07, 6.45) is 11.4. The minimum Gasteiger partial charge on any atom is -0.493 e. The van der Waals surface area contributed by atoms with Crippen molar-refractivity contribution in [1.82, 2.24) is 0 Å². The first-order valence-electron chi connectivity index (χ1n) is 24.6. The van der Waals surface area contributed by atoms with E-state index >= 15 is 0 Å². The van der Waals surface area contributed by atoms with Crippen LogP contribution in [0.4, 0.5) is 13.2 Å². The van der Waals surface area contributed by atoms with E-state index in [1.165, 1.54) is 91.5 Å². The summed E-state index contributed by atoms with van der Waals surface area (Å²) >= 11 is 0. The van der Waals surface area contributed by atoms with Crippen LogP contribution in [-0.4, -0.2) is 18.4 Å². The second-order valence-corrected chi connectivity index (χ2v) is 21.6. The van der Waals surface area contributed by atoms with Crippen LogP contribution in [0.1, 0.15) is 132 Å². The lowest BCUT2D eigenvalue weighted by Gasteiger charge is -2.58. The quantitative estimate of drug-likeness (QED) is 0.102. The maximum absolute atomic E-state index is 13.1. The highest BCUT2D eigenvalue weighted by atomic mass is 19.4. The van der Waals surface area contributed by atoms with Crippen molar-refractivity contribution in [2.75, 3.05) is 6.61 Å². The molecule has 2 spiro atoms. The van der Waals surface area contributed by atoms with E-state index in [-0.39, 0.29) is 23.4 Å². The van der Waals surface area contributed by atoms with Crippen LogP contribution in [0.2, 0.25) is 0 Å². The molecule has 338 valence electrons. The number of benzene rings is 6. The van der Waals surface area contributed by atoms with Gasteiger partial charge in [0.25, 0.3) is 0 Å². The summed E-state index contributed by atoms with van der Waals surface area (Å²) in [6, 6.07) is 44.6. The molecule has 5 saturated carbocycles. The monoisotopic (exact) mass is 876 g/mol. The molecule has 6 aromatic carbocycles. The molecule has 6 heteroatoms. The molecule has 0 saturated heterocycles. The molecule has 0 radical (unpaired) electrons. The highest BCUT2D eigenvalue weighted by Gasteiger charge is 2.72. The minimum absolute atomic E-state index is 0.0200. The van der Waals surface area contributed by atoms with Gasteiger partial charge in [0.15, 0.2) is 0 Å². The molecule has 0 heterocycles. The SMILES string of the molecule is CC(CC(CC(C)c1ccc(Oc2ccc3cc4ccccc4cc3c2)cc1)c1ccc(OC23CCC4(CCCC56CCC(C5)C(C2)C64)C3)cc1)c1ccc(OCC(C)C(F)(F)F)cc1. The number of fused-ring (bicyclic) bond motifs is 5. The van der Waals surface area contributed by atoms with Gasteiger partial charge in [-0.25, -0.2) is 0 Å². The summed E-state index contributed by atoms with van der Waals surface area (Å²) in [4.78, 5) is 0. The Labute approximate surface area is 383 Å². The first-order chi connectivity index (χ1) is 31.3. The van der Waals surface area contributed by atoms with E-state index in [1.807, 2.05) is 30.3 Å². The van der Waals surface area contributed by atoms with Gasteiger partial charge in [0, 0.05) is 0 Å². The number of hydrogen-bond donors (Lipinski definition) is 0. The van der Waals surface area contributed by atoms with E-state index < -0.39 is 18.7 Å². The highest BCUT2D eigenvalue weighted by Crippen LogP contribution is 2.78. The van der Waals surface area contributed by atoms with Crippen LogP contribution in [0.3, 0.4) is 0 Å². The highest BCUT2D eigenvalue weighted by molar-refractivity contribution is 5.98. The Morgan fingerprint density at radius 1 is 0.585 bits per heavy atom. The summed E-state index contributed by atoms with van der Waals surface area (Å²) in [7, 11) is 0. The van der Waals surface area contributed by atoms with Crippen molar-refractivity contribution >= 4 is 21.5 Å². The van der Waals surface area contributed by atoms with Crippen LogP contribution in [0.5, 0.6) is 23.0 Å². The lowest BCUT2D eigenvalue weighted by Crippen LogP contribution is -2.53. The fourth-order valence-corrected chi connectivity index (χ4v) is 14.5. The molecule has 5 fully saturated rings. The largest absolute Gasteiger partial charge is 0.493 e. The molecule has 10 atom stereocenters. The molecule has 0 amide bonds. The van der Waals surface area contributed by atoms with E-state index in [0.717, 1.165) is 65.7 Å². The van der Waals surface area contributed by atoms with Crippen LogP contribution < -0.4 is 14.2 Å². The Kier molecular flexibility index (Phi) is 10.8. The van der Waals surface area contributed by atoms with Crippen molar-refractivity contribution in [3.8, 4) is 23.0 Å². The Hall–Kier alpha value is -4.97. The number of alkyl halides is 3. The fourth-order valence-electron chi connectivity index (χ4n) is 14.5. The third kappa shape index (κ3) is 8.09. The molecule has 3 nitrogen and oxygen atoms in total. The molecule has 0 N–H and O–H groups in total. The van der Waals surface area contributed by atoms with Crippen LogP contribution in [-0.2, 0) is 0 Å². The Morgan fingerprint density at radius 3 is 1.88 bits per heavy atom. The predicted octanol–water partition coefficient (Wildman–Crippen LogP) is 16.7. The molecule has 5 aliphatic rings. The normalized spacial score (nSPS) is 28.4. The molecule has 5 aliphatic carbocycles. The topological polar surface area (TPSA) is 27.7 Å². The van der Waals surface area contributed by atoms with Crippen LogP contribution in [0.15, 0.2) is 127 Å². The summed E-state index contributed by atoms with van der Waals surface area (Å²) in [5, 5.41) is 4.80. The fraction of sp³-hybridized carbons (Fsp3) is 0.458. The van der Waals surface area contributed by atoms with Crippen molar-refractivity contribution < 1.29 is 27.4 Å². The zero-order valence-corrected chi connectivity index (χ0v) is 38.2. The van der Waals surface area contributed by atoms with Gasteiger partial charge >= 0.3 is 6.18 Å². The van der Waals surface area contributed by atoms with Gasteiger partial charge in [-0.15, -0.1) is 0 Å². The molecule has 6 aromatic rings. The van der Waals surface area contributed by atoms with Gasteiger partial charge in [-0.3, -0.25) is 0 Å². The van der Waals surface area contributed by atoms with Crippen molar-refractivity contribution in [2.24, 2.45) is 34.5 Å². The van der Waals surface area contributed by atoms with E-state index in [1.54, 1.807) is 0 Å². The van der Waals surface area contributed by atoms with E-state index in [0.29, 0.717) is 16.6 Å². The van der Waals surface area contributed by atoms with E-state index in [2.05, 4.69) is 111 Å². The number of hydrogen-bond acceptors (Lipinski definition) is 3. The lowest BCUT2D eigenvalue weighted by molar-refractivity contribution is -0.176. The van der Waals surface area contributed by atoms with Gasteiger partial charge in [0.2, 0.25) is 0 Å². The number of halogens is 3. The van der Waals surface area contributed by atoms with Gasteiger partial charge in [-0.1, -0.05) is 93.9 Å². The summed E-state index contributed by atoms with van der Waals surface area (Å²) in [5.41, 5.74) is 4.88. The summed E-state index contributed by atoms with van der Waals surface area (Å²) < 4.78 is 58.6. The van der Waals surface area contributed by atoms with E-state index in [4.69, 9.17) is 14.2 Å². The van der Waals surface area contributed by atoms with Gasteiger partial charge in [0.1, 0.15) is 28.6 Å². The van der Waals surface area contributed by atoms with Gasteiger partial charge in [-0.2, -0.15) is 13.2 Å². The number of ether oxygens (including phenoxy) is 3. The average Bonchev–Trinajstić information content (AvgIpc) is 3.95. The Balaban J connectivity index is 0.800. The molecule has 0 aromatic heterocycles. The van der Waals surface area contributed by atoms with Crippen molar-refractivity contribution in [3.05, 3.63) is 144 Å². The molecule has 10 unspecified atom stereocenters. The summed E-state index contributed by atoms with van der Waals surface area (Å²) in [6.45, 7) is 5.34. The van der Waals surface area contributed by atoms with E-state index in [9.17, 15) is 13.2 Å². The third-order valence-electron chi connectivity index (χ3n) is 17.6. The maximum atomic E-state index is 13.1. The molecule has 0 aliphatic heterocycles. The zero-order valence-electron chi connectivity index (χ0n) is 38.2. The molecular weight excluding hydrogens is 814 g/mol. The Morgan fingerprint density at radius 2 is 1.18 bits per heavy atom. The van der Waals surface area contributed by atoms with Crippen LogP contribution in [0, 0.1) is 34.5 Å². The van der Waals surface area contributed by atoms with Crippen LogP contribution in [0.25, 0.3) is 21.5 Å². The lowest BCUT2D eigenvalue weighted by atomic mass is 9.48. The average molecular weight is 877 g/mol. The van der Waals surface area contributed by atoms with Crippen molar-refractivity contribution in [1.29, 1.82) is 0 Å². The Bertz CT molecular complexity index is 2660. The molecule has 65 heavy (non-hydrogen) atoms. The molecule has 4 bridgehead atoms. The van der Waals surface area contributed by atoms with Gasteiger partial charge in [0.05, 0.1) is 12.5 Å². The first kappa shape index (κ1) is 42.7. The first-order valence-corrected chi connectivity index (χ1v) is 24.6. The third-order valence-corrected chi connectivity index (χ3v) is 17.6. The number of rotatable bonds is 14. The smallest absolute Gasteiger partial charge is 0.394 e. The second-order valence-electron chi connectivity index (χ2n) is 21.6. The standard InChI is InChI=1S/C59H63F3O3/c1-38(41-9-16-50(17-10-41)63-36-40(3)59(60,61)62)29-48(30-39(2)42-11-18-51(19-12-42)64-53-22-15-46-31-44-7-4-5-8-45(44)32-49(46)33-53)43-13-20-52(21-14-43)65-58-28-27-57(37-58)25-6-24-56-26-23-47(34-56)54(35-58)55(56)57/h4-5,7-22,31-33,38-40,47-48,54-55H,6,23-30,34-37H2,1-3H3. The minimum atomic E-state index is -4.28. The van der Waals surface area contributed by atoms with Gasteiger partial charge in [-0.05, 0) is 216 Å². The molecular formula is C59H63F3O3. The second kappa shape index (κ2) is 16.4. The van der Waals surface area contributed by atoms with Crippen LogP contribution >= 0.6 is 0 Å². The molecule has 11 rings (SSSR count).